The number of nitrogens with zero attached hydrogens (tertiary/aromatic N) is 4. The van der Waals surface area contributed by atoms with Crippen LogP contribution in [0, 0.1) is 10.8 Å². The predicted octanol–water partition coefficient (Wildman–Crippen LogP) is 4.41. The van der Waals surface area contributed by atoms with Gasteiger partial charge in [-0.2, -0.15) is 0 Å². The normalized spacial score (nSPS) is 10.2. The second-order valence-corrected chi connectivity index (χ2v) is 5.25. The molecule has 7 nitrogen and oxygen atoms in total. The summed E-state index contributed by atoms with van der Waals surface area (Å²) >= 11 is 0. The van der Waals surface area contributed by atoms with Crippen LogP contribution in [0.2, 0.25) is 0 Å². The van der Waals surface area contributed by atoms with Crippen LogP contribution < -0.4 is 0 Å². The quantitative estimate of drug-likeness (QED) is 0.472. The molecule has 0 amide bonds. The van der Waals surface area contributed by atoms with Crippen molar-refractivity contribution in [2.24, 2.45) is 0 Å². The fourth-order valence-electron chi connectivity index (χ4n) is 2.04. The van der Waals surface area contributed by atoms with Crippen LogP contribution >= 0.6 is 0 Å². The summed E-state index contributed by atoms with van der Waals surface area (Å²) in [7, 11) is 0. The lowest BCUT2D eigenvalue weighted by atomic mass is 10.2. The molecule has 0 spiro atoms. The average Bonchev–Trinajstić information content (AvgIpc) is 2.67. The lowest BCUT2D eigenvalue weighted by molar-refractivity contribution is 0.00704. The lowest BCUT2D eigenvalue weighted by Gasteiger charge is -2.07. The van der Waals surface area contributed by atoms with Crippen LogP contribution in [0.1, 0.15) is 11.1 Å². The van der Waals surface area contributed by atoms with Gasteiger partial charge < -0.3 is 14.2 Å². The molecule has 0 aromatic heterocycles. The fourth-order valence-corrected chi connectivity index (χ4v) is 2.04. The molecule has 0 aliphatic heterocycles. The van der Waals surface area contributed by atoms with Gasteiger partial charge in [0.2, 0.25) is 10.8 Å². The van der Waals surface area contributed by atoms with Gasteiger partial charge in [0, 0.05) is 24.3 Å². The van der Waals surface area contributed by atoms with Crippen molar-refractivity contribution in [1.82, 2.24) is 0 Å². The molecule has 0 saturated carbocycles. The van der Waals surface area contributed by atoms with Gasteiger partial charge in [0.1, 0.15) is 0 Å². The van der Waals surface area contributed by atoms with Crippen molar-refractivity contribution in [2.45, 2.75) is 13.2 Å². The number of ether oxygens (including phenoxy) is 3. The van der Waals surface area contributed by atoms with Gasteiger partial charge in [-0.25, -0.2) is 0 Å². The van der Waals surface area contributed by atoms with E-state index in [9.17, 15) is 0 Å². The summed E-state index contributed by atoms with van der Waals surface area (Å²) < 4.78 is 16.4. The van der Waals surface area contributed by atoms with Gasteiger partial charge in [0.25, 0.3) is 0 Å². The Morgan fingerprint density at radius 2 is 0.920 bits per heavy atom. The van der Waals surface area contributed by atoms with Crippen LogP contribution in [0.3, 0.4) is 0 Å². The van der Waals surface area contributed by atoms with E-state index in [1.165, 1.54) is 0 Å². The molecule has 0 N–H and O–H groups in total. The molecule has 0 unspecified atom stereocenters. The van der Waals surface area contributed by atoms with E-state index in [1.54, 1.807) is 24.3 Å². The Morgan fingerprint density at radius 3 is 1.28 bits per heavy atom. The minimum absolute atomic E-state index is 0.488. The van der Waals surface area contributed by atoms with Crippen LogP contribution in [-0.2, 0) is 27.4 Å². The van der Waals surface area contributed by atoms with E-state index in [0.29, 0.717) is 51.0 Å². The van der Waals surface area contributed by atoms with Crippen molar-refractivity contribution in [2.75, 3.05) is 26.4 Å². The van der Waals surface area contributed by atoms with Crippen LogP contribution in [-0.4, -0.2) is 26.4 Å². The second kappa shape index (κ2) is 10.8. The van der Waals surface area contributed by atoms with Gasteiger partial charge in [-0.05, 0) is 35.4 Å². The lowest BCUT2D eigenvalue weighted by Crippen LogP contribution is -2.09. The molecule has 7 heteroatoms. The molecule has 0 bridgehead atoms. The molecule has 0 fully saturated rings. The zero-order chi connectivity index (χ0) is 17.7. The third-order valence-electron chi connectivity index (χ3n) is 3.39. The van der Waals surface area contributed by atoms with E-state index < -0.39 is 0 Å². The molecule has 2 aromatic carbocycles. The largest absolute Gasteiger partial charge is 0.385 e. The van der Waals surface area contributed by atoms with Crippen molar-refractivity contribution < 1.29 is 14.2 Å². The third-order valence-corrected chi connectivity index (χ3v) is 3.39. The molecule has 0 aliphatic carbocycles. The zero-order valence-electron chi connectivity index (χ0n) is 13.9. The van der Waals surface area contributed by atoms with Crippen molar-refractivity contribution in [3.63, 3.8) is 0 Å². The van der Waals surface area contributed by atoms with Crippen LogP contribution in [0.25, 0.3) is 9.95 Å². The molecule has 2 aromatic rings. The highest BCUT2D eigenvalue weighted by molar-refractivity contribution is 5.45. The fraction of sp³-hybridized carbons (Fsp3) is 0.333. The highest BCUT2D eigenvalue weighted by atomic mass is 16.5. The molecular formula is C18H20N4O3+2. The Balaban J connectivity index is 1.46. The van der Waals surface area contributed by atoms with E-state index in [1.807, 2.05) is 24.3 Å². The Bertz CT molecular complexity index is 654. The summed E-state index contributed by atoms with van der Waals surface area (Å²) in [5.74, 6) is 0. The molecule has 0 heterocycles. The summed E-state index contributed by atoms with van der Waals surface area (Å²) in [6.07, 6.45) is 0. The van der Waals surface area contributed by atoms with Gasteiger partial charge in [-0.3, -0.25) is 0 Å². The van der Waals surface area contributed by atoms with Gasteiger partial charge in [-0.1, -0.05) is 0 Å². The van der Waals surface area contributed by atoms with Gasteiger partial charge >= 0.3 is 11.4 Å². The van der Waals surface area contributed by atoms with E-state index in [-0.39, 0.29) is 0 Å². The van der Waals surface area contributed by atoms with E-state index in [0.717, 1.165) is 11.1 Å². The molecule has 2 rings (SSSR count). The van der Waals surface area contributed by atoms with Crippen LogP contribution in [0.15, 0.2) is 48.5 Å². The van der Waals surface area contributed by atoms with Crippen molar-refractivity contribution in [3.05, 3.63) is 69.6 Å². The first-order valence-electron chi connectivity index (χ1n) is 7.93. The number of rotatable bonds is 10. The highest BCUT2D eigenvalue weighted by Gasteiger charge is 2.03. The van der Waals surface area contributed by atoms with E-state index in [4.69, 9.17) is 25.0 Å². The first kappa shape index (κ1) is 18.5. The maximum atomic E-state index is 8.60. The predicted molar refractivity (Wildman–Crippen MR) is 92.5 cm³/mol. The maximum Gasteiger partial charge on any atom is 0.385 e. The van der Waals surface area contributed by atoms with E-state index in [2.05, 4.69) is 9.95 Å². The van der Waals surface area contributed by atoms with Crippen molar-refractivity contribution >= 4 is 11.4 Å². The van der Waals surface area contributed by atoms with Gasteiger partial charge in [0.15, 0.2) is 9.95 Å². The Labute approximate surface area is 146 Å². The van der Waals surface area contributed by atoms with Gasteiger partial charge in [-0.15, -0.1) is 0 Å². The second-order valence-electron chi connectivity index (χ2n) is 5.25. The standard InChI is InChI=1S/C18H20N4O3/c19-21-17-5-1-15(2-6-17)13-24-11-9-23-10-12-25-14-16-3-7-18(22-20)8-4-16/h1-8H,9-14H2/q+2. The summed E-state index contributed by atoms with van der Waals surface area (Å²) in [6, 6.07) is 14.3. The molecule has 0 atom stereocenters. The van der Waals surface area contributed by atoms with Gasteiger partial charge in [0.05, 0.1) is 39.6 Å². The average molecular weight is 340 g/mol. The number of hydrogen-bond acceptors (Lipinski definition) is 5. The van der Waals surface area contributed by atoms with Crippen molar-refractivity contribution in [3.8, 4) is 0 Å². The molecule has 25 heavy (non-hydrogen) atoms. The van der Waals surface area contributed by atoms with E-state index >= 15 is 0 Å². The first-order valence-corrected chi connectivity index (χ1v) is 7.93. The Kier molecular flexibility index (Phi) is 8.02. The Morgan fingerprint density at radius 1 is 0.560 bits per heavy atom. The molecule has 0 saturated heterocycles. The number of diazo groups is 2. The Hall–Kier alpha value is -2.84. The number of benzene rings is 2. The highest BCUT2D eigenvalue weighted by Crippen LogP contribution is 2.13. The molecule has 0 radical (unpaired) electrons. The van der Waals surface area contributed by atoms with Crippen LogP contribution in [0.4, 0.5) is 11.4 Å². The maximum absolute atomic E-state index is 8.60. The monoisotopic (exact) mass is 340 g/mol. The van der Waals surface area contributed by atoms with Crippen LogP contribution in [0.5, 0.6) is 0 Å². The van der Waals surface area contributed by atoms with Crippen molar-refractivity contribution in [1.29, 1.82) is 10.8 Å². The third kappa shape index (κ3) is 7.06. The summed E-state index contributed by atoms with van der Waals surface area (Å²) in [5.41, 5.74) is 3.06. The SMILES string of the molecule is N#[N+]c1ccc(COCCOCCOCc2ccc([N+]#N)cc2)cc1. The number of hydrogen-bond donors (Lipinski definition) is 0. The minimum Gasteiger partial charge on any atom is -0.377 e. The zero-order valence-corrected chi connectivity index (χ0v) is 13.9. The summed E-state index contributed by atoms with van der Waals surface area (Å²) in [5, 5.41) is 17.2. The topological polar surface area (TPSA) is 84.0 Å². The smallest absolute Gasteiger partial charge is 0.377 e. The summed E-state index contributed by atoms with van der Waals surface area (Å²) in [4.78, 5) is 6.19. The molecule has 128 valence electrons. The first-order chi connectivity index (χ1) is 12.3. The molecule has 0 aliphatic rings. The minimum atomic E-state index is 0.488. The summed E-state index contributed by atoms with van der Waals surface area (Å²) in [6.45, 7) is 2.97. The molecular weight excluding hydrogens is 320 g/mol.